The van der Waals surface area contributed by atoms with Crippen LogP contribution in [0.2, 0.25) is 0 Å². The Morgan fingerprint density at radius 3 is 2.43 bits per heavy atom. The molecule has 0 spiro atoms. The molecule has 0 saturated carbocycles. The smallest absolute Gasteiger partial charge is 0.124 e. The van der Waals surface area contributed by atoms with Crippen molar-refractivity contribution in [1.82, 2.24) is 10.2 Å². The number of nitrogens with zero attached hydrogens (tertiary/aromatic N) is 1. The van der Waals surface area contributed by atoms with Gasteiger partial charge in [0.25, 0.3) is 0 Å². The van der Waals surface area contributed by atoms with E-state index in [0.717, 1.165) is 48.6 Å². The molecule has 3 nitrogen and oxygen atoms in total. The molecule has 144 valence electrons. The number of rotatable bonds is 6. The van der Waals surface area contributed by atoms with E-state index < -0.39 is 0 Å². The molecule has 0 aliphatic carbocycles. The van der Waals surface area contributed by atoms with E-state index in [1.807, 2.05) is 42.5 Å². The Hall–Kier alpha value is -2.69. The Morgan fingerprint density at radius 1 is 0.893 bits per heavy atom. The summed E-state index contributed by atoms with van der Waals surface area (Å²) < 4.78 is 20.2. The lowest BCUT2D eigenvalue weighted by Gasteiger charge is -2.36. The summed E-state index contributed by atoms with van der Waals surface area (Å²) in [5.41, 5.74) is 3.16. The van der Waals surface area contributed by atoms with Gasteiger partial charge in [-0.2, -0.15) is 0 Å². The highest BCUT2D eigenvalue weighted by atomic mass is 19.1. The fraction of sp³-hybridized carbons (Fsp3) is 0.250. The molecule has 0 amide bonds. The lowest BCUT2D eigenvalue weighted by molar-refractivity contribution is 0.192. The maximum Gasteiger partial charge on any atom is 0.124 e. The molecule has 3 aromatic carbocycles. The monoisotopic (exact) mass is 376 g/mol. The number of hydrogen-bond donors (Lipinski definition) is 1. The van der Waals surface area contributed by atoms with Gasteiger partial charge in [0, 0.05) is 31.7 Å². The first-order valence-electron chi connectivity index (χ1n) is 9.77. The van der Waals surface area contributed by atoms with E-state index in [-0.39, 0.29) is 11.9 Å². The number of nitrogens with one attached hydrogen (secondary N) is 1. The minimum absolute atomic E-state index is 0.0372. The summed E-state index contributed by atoms with van der Waals surface area (Å²) in [7, 11) is 0. The minimum Gasteiger partial charge on any atom is -0.489 e. The van der Waals surface area contributed by atoms with E-state index in [4.69, 9.17) is 4.74 Å². The number of hydrogen-bond acceptors (Lipinski definition) is 3. The molecule has 1 fully saturated rings. The Balaban J connectivity index is 1.67. The zero-order valence-corrected chi connectivity index (χ0v) is 15.9. The zero-order valence-electron chi connectivity index (χ0n) is 15.9. The summed E-state index contributed by atoms with van der Waals surface area (Å²) in [5.74, 6) is 0.638. The van der Waals surface area contributed by atoms with E-state index in [9.17, 15) is 4.39 Å². The highest BCUT2D eigenvalue weighted by Crippen LogP contribution is 2.35. The van der Waals surface area contributed by atoms with Gasteiger partial charge >= 0.3 is 0 Å². The molecule has 1 aliphatic heterocycles. The summed E-state index contributed by atoms with van der Waals surface area (Å²) >= 11 is 0. The molecule has 1 unspecified atom stereocenters. The van der Waals surface area contributed by atoms with Crippen LogP contribution in [0.5, 0.6) is 5.75 Å². The van der Waals surface area contributed by atoms with Gasteiger partial charge in [-0.3, -0.25) is 4.90 Å². The summed E-state index contributed by atoms with van der Waals surface area (Å²) in [4.78, 5) is 2.40. The molecular formula is C24H25FN2O. The molecule has 0 bridgehead atoms. The molecular weight excluding hydrogens is 351 g/mol. The van der Waals surface area contributed by atoms with Crippen LogP contribution >= 0.6 is 0 Å². The van der Waals surface area contributed by atoms with E-state index >= 15 is 0 Å². The number of para-hydroxylation sites is 1. The molecule has 28 heavy (non-hydrogen) atoms. The first-order chi connectivity index (χ1) is 13.8. The highest BCUT2D eigenvalue weighted by Gasteiger charge is 2.26. The van der Waals surface area contributed by atoms with Crippen molar-refractivity contribution in [2.24, 2.45) is 0 Å². The van der Waals surface area contributed by atoms with Gasteiger partial charge in [0.1, 0.15) is 18.2 Å². The quantitative estimate of drug-likeness (QED) is 0.690. The standard InChI is InChI=1S/C24H25FN2O/c25-21-10-6-9-20(17-21)24(27-15-13-26-14-16-27)22-11-4-5-12-23(22)28-18-19-7-2-1-3-8-19/h1-12,17,24,26H,13-16,18H2. The van der Waals surface area contributed by atoms with E-state index in [2.05, 4.69) is 28.4 Å². The highest BCUT2D eigenvalue weighted by molar-refractivity contribution is 5.42. The molecule has 0 aromatic heterocycles. The van der Waals surface area contributed by atoms with Gasteiger partial charge < -0.3 is 10.1 Å². The molecule has 4 heteroatoms. The molecule has 1 atom stereocenters. The van der Waals surface area contributed by atoms with Crippen molar-refractivity contribution < 1.29 is 9.13 Å². The first-order valence-corrected chi connectivity index (χ1v) is 9.77. The van der Waals surface area contributed by atoms with Gasteiger partial charge in [0.15, 0.2) is 0 Å². The molecule has 3 aromatic rings. The van der Waals surface area contributed by atoms with Crippen molar-refractivity contribution in [3.8, 4) is 5.75 Å². The Kier molecular flexibility index (Phi) is 6.00. The van der Waals surface area contributed by atoms with Gasteiger partial charge in [-0.25, -0.2) is 4.39 Å². The van der Waals surface area contributed by atoms with Crippen molar-refractivity contribution in [3.05, 3.63) is 101 Å². The second-order valence-electron chi connectivity index (χ2n) is 7.06. The summed E-state index contributed by atoms with van der Waals surface area (Å²) in [6.07, 6.45) is 0. The Bertz CT molecular complexity index is 894. The van der Waals surface area contributed by atoms with Crippen LogP contribution in [0.4, 0.5) is 4.39 Å². The van der Waals surface area contributed by atoms with E-state index in [1.165, 1.54) is 6.07 Å². The molecule has 1 aliphatic rings. The van der Waals surface area contributed by atoms with Crippen molar-refractivity contribution in [3.63, 3.8) is 0 Å². The predicted molar refractivity (Wildman–Crippen MR) is 110 cm³/mol. The fourth-order valence-electron chi connectivity index (χ4n) is 3.78. The number of halogens is 1. The molecule has 0 radical (unpaired) electrons. The topological polar surface area (TPSA) is 24.5 Å². The van der Waals surface area contributed by atoms with E-state index in [0.29, 0.717) is 6.61 Å². The van der Waals surface area contributed by atoms with Crippen molar-refractivity contribution in [2.45, 2.75) is 12.6 Å². The van der Waals surface area contributed by atoms with Crippen LogP contribution < -0.4 is 10.1 Å². The maximum atomic E-state index is 14.0. The normalized spacial score (nSPS) is 15.9. The van der Waals surface area contributed by atoms with E-state index in [1.54, 1.807) is 12.1 Å². The molecule has 1 saturated heterocycles. The summed E-state index contributed by atoms with van der Waals surface area (Å²) in [6.45, 7) is 4.19. The summed E-state index contributed by atoms with van der Waals surface area (Å²) in [5, 5.41) is 3.40. The molecule has 1 N–H and O–H groups in total. The third kappa shape index (κ3) is 4.41. The largest absolute Gasteiger partial charge is 0.489 e. The Morgan fingerprint density at radius 2 is 1.64 bits per heavy atom. The lowest BCUT2D eigenvalue weighted by Crippen LogP contribution is -2.45. The maximum absolute atomic E-state index is 14.0. The average Bonchev–Trinajstić information content (AvgIpc) is 2.75. The Labute approximate surface area is 165 Å². The third-order valence-electron chi connectivity index (χ3n) is 5.13. The lowest BCUT2D eigenvalue weighted by atomic mass is 9.95. The van der Waals surface area contributed by atoms with Crippen molar-refractivity contribution >= 4 is 0 Å². The van der Waals surface area contributed by atoms with Crippen LogP contribution in [-0.4, -0.2) is 31.1 Å². The van der Waals surface area contributed by atoms with Crippen molar-refractivity contribution in [1.29, 1.82) is 0 Å². The van der Waals surface area contributed by atoms with Crippen molar-refractivity contribution in [2.75, 3.05) is 26.2 Å². The van der Waals surface area contributed by atoms with Gasteiger partial charge in [0.05, 0.1) is 6.04 Å². The van der Waals surface area contributed by atoms with Crippen LogP contribution in [-0.2, 0) is 6.61 Å². The second kappa shape index (κ2) is 9.00. The van der Waals surface area contributed by atoms with Crippen LogP contribution in [0.15, 0.2) is 78.9 Å². The fourth-order valence-corrected chi connectivity index (χ4v) is 3.78. The predicted octanol–water partition coefficient (Wildman–Crippen LogP) is 4.40. The second-order valence-corrected chi connectivity index (χ2v) is 7.06. The van der Waals surface area contributed by atoms with Crippen LogP contribution in [0.3, 0.4) is 0 Å². The van der Waals surface area contributed by atoms with Crippen LogP contribution in [0.1, 0.15) is 22.7 Å². The zero-order chi connectivity index (χ0) is 19.2. The minimum atomic E-state index is -0.208. The first kappa shape index (κ1) is 18.7. The average molecular weight is 376 g/mol. The number of piperazine rings is 1. The number of ether oxygens (including phenoxy) is 1. The van der Waals surface area contributed by atoms with Crippen LogP contribution in [0.25, 0.3) is 0 Å². The van der Waals surface area contributed by atoms with Gasteiger partial charge in [0.2, 0.25) is 0 Å². The number of benzene rings is 3. The summed E-state index contributed by atoms with van der Waals surface area (Å²) in [6, 6.07) is 25.2. The SMILES string of the molecule is Fc1cccc(C(c2ccccc2OCc2ccccc2)N2CCNCC2)c1. The van der Waals surface area contributed by atoms with Gasteiger partial charge in [-0.1, -0.05) is 60.7 Å². The third-order valence-corrected chi connectivity index (χ3v) is 5.13. The molecule has 1 heterocycles. The van der Waals surface area contributed by atoms with Gasteiger partial charge in [-0.05, 0) is 29.3 Å². The molecule has 4 rings (SSSR count). The van der Waals surface area contributed by atoms with Gasteiger partial charge in [-0.15, -0.1) is 0 Å². The van der Waals surface area contributed by atoms with Crippen LogP contribution in [0, 0.1) is 5.82 Å².